The summed E-state index contributed by atoms with van der Waals surface area (Å²) in [6.45, 7) is 1.37. The number of aliphatic hydroxyl groups is 5. The van der Waals surface area contributed by atoms with Crippen molar-refractivity contribution < 1.29 is 35.1 Å². The van der Waals surface area contributed by atoms with Crippen LogP contribution in [0.2, 0.25) is 0 Å². The molecule has 0 fully saturated rings. The molecule has 0 aromatic rings. The lowest BCUT2D eigenvalue weighted by Gasteiger charge is -2.19. The third-order valence-electron chi connectivity index (χ3n) is 1.39. The Hall–Kier alpha value is -0.860. The van der Waals surface area contributed by atoms with Gasteiger partial charge in [0.1, 0.15) is 30.7 Å². The zero-order valence-electron chi connectivity index (χ0n) is 9.20. The lowest BCUT2D eigenvalue weighted by Crippen LogP contribution is -2.44. The van der Waals surface area contributed by atoms with Gasteiger partial charge >= 0.3 is 0 Å². The highest BCUT2D eigenvalue weighted by molar-refractivity contribution is 5.84. The summed E-state index contributed by atoms with van der Waals surface area (Å²) in [5, 5.41) is 43.1. The number of hydrogen-bond acceptors (Lipinski definition) is 7. The van der Waals surface area contributed by atoms with Crippen LogP contribution in [0, 0.1) is 0 Å². The van der Waals surface area contributed by atoms with E-state index in [1.807, 2.05) is 0 Å². The second-order valence-electron chi connectivity index (χ2n) is 3.22. The molecule has 0 aromatic heterocycles. The Morgan fingerprint density at radius 3 is 1.69 bits per heavy atom. The molecule has 0 spiro atoms. The highest BCUT2D eigenvalue weighted by atomic mass is 16.4. The molecule has 0 rings (SSSR count). The minimum atomic E-state index is -1.86. The van der Waals surface area contributed by atoms with E-state index in [1.165, 1.54) is 13.8 Å². The third-order valence-corrected chi connectivity index (χ3v) is 1.39. The Bertz CT molecular complexity index is 212. The smallest absolute Gasteiger partial charge is 0.189 e. The number of hydrogen-bond donors (Lipinski definition) is 5. The van der Waals surface area contributed by atoms with Crippen molar-refractivity contribution in [1.82, 2.24) is 0 Å². The molecule has 0 radical (unpaired) electrons. The SMILES string of the molecule is CC(C)=O.O=C(CO)[C@@H](O)[C@H](O)[C@H](O)CO. The van der Waals surface area contributed by atoms with E-state index in [0.717, 1.165) is 0 Å². The molecule has 5 N–H and O–H groups in total. The molecule has 0 saturated heterocycles. The summed E-state index contributed by atoms with van der Waals surface area (Å²) in [6, 6.07) is 0. The molecule has 0 aliphatic carbocycles. The molecule has 7 heteroatoms. The molecule has 7 nitrogen and oxygen atoms in total. The first kappa shape index (κ1) is 17.5. The fraction of sp³-hybridized carbons (Fsp3) is 0.778. The van der Waals surface area contributed by atoms with Gasteiger partial charge in [-0.1, -0.05) is 0 Å². The monoisotopic (exact) mass is 238 g/mol. The minimum absolute atomic E-state index is 0.167. The van der Waals surface area contributed by atoms with Gasteiger partial charge in [0.15, 0.2) is 5.78 Å². The molecule has 16 heavy (non-hydrogen) atoms. The summed E-state index contributed by atoms with van der Waals surface area (Å²) in [5.74, 6) is -0.838. The summed E-state index contributed by atoms with van der Waals surface area (Å²) in [7, 11) is 0. The summed E-state index contributed by atoms with van der Waals surface area (Å²) in [5.41, 5.74) is 0. The molecule has 0 aliphatic rings. The van der Waals surface area contributed by atoms with Crippen molar-refractivity contribution in [1.29, 1.82) is 0 Å². The normalized spacial score (nSPS) is 15.4. The summed E-state index contributed by atoms with van der Waals surface area (Å²) in [6.07, 6.45) is -5.22. The van der Waals surface area contributed by atoms with Crippen LogP contribution in [-0.4, -0.2) is 68.6 Å². The molecule has 0 aromatic carbocycles. The summed E-state index contributed by atoms with van der Waals surface area (Å²) < 4.78 is 0. The first-order valence-electron chi connectivity index (χ1n) is 4.53. The Balaban J connectivity index is 0. The van der Waals surface area contributed by atoms with Crippen molar-refractivity contribution in [3.8, 4) is 0 Å². The van der Waals surface area contributed by atoms with Crippen LogP contribution < -0.4 is 0 Å². The van der Waals surface area contributed by atoms with Crippen molar-refractivity contribution in [2.45, 2.75) is 32.2 Å². The van der Waals surface area contributed by atoms with Gasteiger partial charge in [0, 0.05) is 0 Å². The second kappa shape index (κ2) is 9.37. The maximum atomic E-state index is 10.5. The van der Waals surface area contributed by atoms with Gasteiger partial charge in [0.25, 0.3) is 0 Å². The van der Waals surface area contributed by atoms with Crippen LogP contribution in [0.5, 0.6) is 0 Å². The number of aliphatic hydroxyl groups excluding tert-OH is 5. The van der Waals surface area contributed by atoms with E-state index < -0.39 is 37.3 Å². The minimum Gasteiger partial charge on any atom is -0.394 e. The average Bonchev–Trinajstić information content (AvgIpc) is 2.24. The average molecular weight is 238 g/mol. The fourth-order valence-electron chi connectivity index (χ4n) is 0.602. The quantitative estimate of drug-likeness (QED) is 0.349. The van der Waals surface area contributed by atoms with Crippen LogP contribution in [0.25, 0.3) is 0 Å². The van der Waals surface area contributed by atoms with Crippen molar-refractivity contribution in [2.24, 2.45) is 0 Å². The van der Waals surface area contributed by atoms with Crippen molar-refractivity contribution in [3.05, 3.63) is 0 Å². The summed E-state index contributed by atoms with van der Waals surface area (Å²) >= 11 is 0. The van der Waals surface area contributed by atoms with Crippen LogP contribution in [-0.2, 0) is 9.59 Å². The number of carbonyl (C=O) groups excluding carboxylic acids is 2. The zero-order chi connectivity index (χ0) is 13.3. The van der Waals surface area contributed by atoms with Gasteiger partial charge in [-0.2, -0.15) is 0 Å². The predicted molar refractivity (Wildman–Crippen MR) is 53.6 cm³/mol. The van der Waals surface area contributed by atoms with Crippen LogP contribution in [0.3, 0.4) is 0 Å². The Morgan fingerprint density at radius 2 is 1.44 bits per heavy atom. The molecule has 96 valence electrons. The van der Waals surface area contributed by atoms with E-state index in [0.29, 0.717) is 0 Å². The van der Waals surface area contributed by atoms with Gasteiger partial charge in [-0.05, 0) is 13.8 Å². The van der Waals surface area contributed by atoms with Gasteiger partial charge < -0.3 is 30.3 Å². The van der Waals surface area contributed by atoms with Gasteiger partial charge in [0.05, 0.1) is 6.61 Å². The molecule has 3 atom stereocenters. The predicted octanol–water partition coefficient (Wildman–Crippen LogP) is -2.78. The van der Waals surface area contributed by atoms with Gasteiger partial charge in [-0.15, -0.1) is 0 Å². The molecule has 0 aliphatic heterocycles. The standard InChI is InChI=1S/C6H12O6.C3H6O/c7-1-3(9)5(11)6(12)4(10)2-8;1-3(2)4/h3,5-9,11-12H,1-2H2;1-2H3/t3-,5-,6-;/m1./s1. The Morgan fingerprint density at radius 1 is 1.06 bits per heavy atom. The van der Waals surface area contributed by atoms with Gasteiger partial charge in [-0.25, -0.2) is 0 Å². The van der Waals surface area contributed by atoms with E-state index in [-0.39, 0.29) is 5.78 Å². The van der Waals surface area contributed by atoms with Crippen molar-refractivity contribution in [2.75, 3.05) is 13.2 Å². The first-order valence-corrected chi connectivity index (χ1v) is 4.53. The highest BCUT2D eigenvalue weighted by Gasteiger charge is 2.28. The lowest BCUT2D eigenvalue weighted by molar-refractivity contribution is -0.142. The molecule has 0 unspecified atom stereocenters. The number of carbonyl (C=O) groups is 2. The number of ketones is 2. The molecule has 0 amide bonds. The van der Waals surface area contributed by atoms with Crippen LogP contribution >= 0.6 is 0 Å². The molecular formula is C9H18O7. The first-order chi connectivity index (χ1) is 7.27. The number of rotatable bonds is 5. The van der Waals surface area contributed by atoms with E-state index in [9.17, 15) is 9.59 Å². The van der Waals surface area contributed by atoms with Gasteiger partial charge in [0.2, 0.25) is 0 Å². The van der Waals surface area contributed by atoms with E-state index in [4.69, 9.17) is 25.5 Å². The number of Topliss-reactive ketones (excluding diaryl/α,β-unsaturated/α-hetero) is 2. The molecule has 0 saturated carbocycles. The van der Waals surface area contributed by atoms with E-state index in [1.54, 1.807) is 0 Å². The fourth-order valence-corrected chi connectivity index (χ4v) is 0.602. The largest absolute Gasteiger partial charge is 0.394 e. The topological polar surface area (TPSA) is 135 Å². The Kier molecular flexibility index (Phi) is 10.3. The van der Waals surface area contributed by atoms with Gasteiger partial charge in [-0.3, -0.25) is 4.79 Å². The maximum absolute atomic E-state index is 10.5. The third kappa shape index (κ3) is 8.45. The lowest BCUT2D eigenvalue weighted by atomic mass is 10.1. The molecule has 0 bridgehead atoms. The van der Waals surface area contributed by atoms with Crippen LogP contribution in [0.4, 0.5) is 0 Å². The van der Waals surface area contributed by atoms with Crippen molar-refractivity contribution in [3.63, 3.8) is 0 Å². The highest BCUT2D eigenvalue weighted by Crippen LogP contribution is 2.00. The molecule has 0 heterocycles. The second-order valence-corrected chi connectivity index (χ2v) is 3.22. The zero-order valence-corrected chi connectivity index (χ0v) is 9.20. The van der Waals surface area contributed by atoms with E-state index in [2.05, 4.69) is 0 Å². The van der Waals surface area contributed by atoms with Crippen molar-refractivity contribution >= 4 is 11.6 Å². The Labute approximate surface area is 93.0 Å². The maximum Gasteiger partial charge on any atom is 0.189 e. The van der Waals surface area contributed by atoms with Crippen LogP contribution in [0.15, 0.2) is 0 Å². The summed E-state index contributed by atoms with van der Waals surface area (Å²) in [4.78, 5) is 20.0. The van der Waals surface area contributed by atoms with Crippen LogP contribution in [0.1, 0.15) is 13.8 Å². The molecular weight excluding hydrogens is 220 g/mol. The van der Waals surface area contributed by atoms with E-state index >= 15 is 0 Å².